The second-order valence-electron chi connectivity index (χ2n) is 12.3. The summed E-state index contributed by atoms with van der Waals surface area (Å²) in [6, 6.07) is 4.37. The van der Waals surface area contributed by atoms with Gasteiger partial charge in [-0.25, -0.2) is 0 Å². The van der Waals surface area contributed by atoms with Crippen molar-refractivity contribution in [1.82, 2.24) is 0 Å². The first kappa shape index (κ1) is 38.0. The number of rotatable bonds is 14. The van der Waals surface area contributed by atoms with Gasteiger partial charge in [0.2, 0.25) is 0 Å². The minimum Gasteiger partial charge on any atom is -0.377 e. The Hall–Kier alpha value is 2.16. The Labute approximate surface area is 324 Å². The fourth-order valence-corrected chi connectivity index (χ4v) is 10.7. The molecule has 2 aliphatic rings. The van der Waals surface area contributed by atoms with Gasteiger partial charge in [-0.15, -0.1) is 0 Å². The van der Waals surface area contributed by atoms with Gasteiger partial charge in [-0.1, -0.05) is 27.7 Å². The molecule has 3 nitrogen and oxygen atoms in total. The Morgan fingerprint density at radius 1 is 0.651 bits per heavy atom. The lowest BCUT2D eigenvalue weighted by molar-refractivity contribution is -0.135. The Morgan fingerprint density at radius 2 is 1.00 bits per heavy atom. The number of benzene rings is 2. The third kappa shape index (κ3) is 8.49. The summed E-state index contributed by atoms with van der Waals surface area (Å²) in [6.45, 7) is 11.0. The molecule has 0 N–H and O–H groups in total. The summed E-state index contributed by atoms with van der Waals surface area (Å²) in [7, 11) is 0. The minimum atomic E-state index is -0.160. The maximum atomic E-state index is 7.37. The average molecular weight is 1110 g/mol. The van der Waals surface area contributed by atoms with Crippen LogP contribution in [0.3, 0.4) is 0 Å². The molecule has 2 fully saturated rings. The van der Waals surface area contributed by atoms with Gasteiger partial charge < -0.3 is 14.2 Å². The van der Waals surface area contributed by atoms with E-state index in [4.69, 9.17) is 14.2 Å². The SMILES string of the molecule is CCC(C)(CCC(OC(CCC(C)(CC)C1CCO1)c1cc(Br)c(Br)c(Br)c1Br)c1cc(Br)c(Br)c(Br)c1Br)C1CCO1. The van der Waals surface area contributed by atoms with Gasteiger partial charge in [-0.05, 0) is 213 Å². The molecule has 0 radical (unpaired) electrons. The fraction of sp³-hybridized carbons (Fsp3) is 0.625. The monoisotopic (exact) mass is 1100 g/mol. The Morgan fingerprint density at radius 3 is 1.28 bits per heavy atom. The van der Waals surface area contributed by atoms with Gasteiger partial charge in [0.25, 0.3) is 0 Å². The van der Waals surface area contributed by atoms with Crippen molar-refractivity contribution in [3.8, 4) is 0 Å². The molecule has 2 aromatic carbocycles. The normalized spacial score (nSPS) is 22.7. The maximum absolute atomic E-state index is 7.37. The minimum absolute atomic E-state index is 0.0955. The van der Waals surface area contributed by atoms with Crippen LogP contribution < -0.4 is 0 Å². The third-order valence-corrected chi connectivity index (χ3v) is 19.2. The van der Waals surface area contributed by atoms with Gasteiger partial charge in [0.05, 0.1) is 24.4 Å². The third-order valence-electron chi connectivity index (χ3n) is 9.81. The molecule has 240 valence electrons. The highest BCUT2D eigenvalue weighted by molar-refractivity contribution is 9.15. The Balaban J connectivity index is 1.76. The van der Waals surface area contributed by atoms with E-state index in [1.165, 1.54) is 0 Å². The lowest BCUT2D eigenvalue weighted by atomic mass is 9.73. The standard InChI is InChI=1S/C32H38Br8O3/c1-5-31(3,23-9-13-41-23)11-7-21(17-15-19(33)27(37)29(39)25(17)35)43-22(8-12-32(4,6-2)24-10-14-42-24)18-16-20(34)28(38)30(40)26(18)36/h15-16,21-24H,5-14H2,1-4H3. The van der Waals surface area contributed by atoms with Gasteiger partial charge in [-0.3, -0.25) is 0 Å². The summed E-state index contributed by atoms with van der Waals surface area (Å²) in [5, 5.41) is 0. The van der Waals surface area contributed by atoms with E-state index in [-0.39, 0.29) is 23.0 Å². The molecule has 0 saturated carbocycles. The zero-order valence-electron chi connectivity index (χ0n) is 24.8. The van der Waals surface area contributed by atoms with E-state index in [1.807, 2.05) is 0 Å². The zero-order chi connectivity index (χ0) is 31.7. The van der Waals surface area contributed by atoms with Crippen molar-refractivity contribution in [2.45, 2.75) is 103 Å². The lowest BCUT2D eigenvalue weighted by Gasteiger charge is -2.44. The molecule has 6 atom stereocenters. The first-order chi connectivity index (χ1) is 20.3. The number of halogens is 8. The van der Waals surface area contributed by atoms with E-state index >= 15 is 0 Å². The van der Waals surface area contributed by atoms with Crippen molar-refractivity contribution in [3.63, 3.8) is 0 Å². The molecule has 0 aromatic heterocycles. The topological polar surface area (TPSA) is 27.7 Å². The second-order valence-corrected chi connectivity index (χ2v) is 18.7. The van der Waals surface area contributed by atoms with E-state index in [9.17, 15) is 0 Å². The van der Waals surface area contributed by atoms with Crippen LogP contribution in [-0.2, 0) is 14.2 Å². The molecule has 0 spiro atoms. The van der Waals surface area contributed by atoms with Crippen LogP contribution >= 0.6 is 127 Å². The van der Waals surface area contributed by atoms with Gasteiger partial charge in [-0.2, -0.15) is 0 Å². The first-order valence-electron chi connectivity index (χ1n) is 14.8. The van der Waals surface area contributed by atoms with Crippen LogP contribution in [0.1, 0.15) is 102 Å². The van der Waals surface area contributed by atoms with E-state index in [2.05, 4.69) is 167 Å². The van der Waals surface area contributed by atoms with Crippen LogP contribution in [0.4, 0.5) is 0 Å². The molecule has 6 unspecified atom stereocenters. The molecule has 0 aliphatic carbocycles. The van der Waals surface area contributed by atoms with Gasteiger partial charge in [0, 0.05) is 49.0 Å². The van der Waals surface area contributed by atoms with Crippen LogP contribution in [-0.4, -0.2) is 25.4 Å². The largest absolute Gasteiger partial charge is 0.377 e. The predicted molar refractivity (Wildman–Crippen MR) is 205 cm³/mol. The number of hydrogen-bond donors (Lipinski definition) is 0. The van der Waals surface area contributed by atoms with Crippen molar-refractivity contribution in [1.29, 1.82) is 0 Å². The van der Waals surface area contributed by atoms with Crippen LogP contribution in [0, 0.1) is 10.8 Å². The van der Waals surface area contributed by atoms with E-state index in [1.54, 1.807) is 0 Å². The Bertz CT molecular complexity index is 1200. The van der Waals surface area contributed by atoms with E-state index in [0.29, 0.717) is 12.2 Å². The molecule has 2 saturated heterocycles. The van der Waals surface area contributed by atoms with Gasteiger partial charge in [0.1, 0.15) is 0 Å². The predicted octanol–water partition coefficient (Wildman–Crippen LogP) is 14.6. The van der Waals surface area contributed by atoms with Crippen LogP contribution in [0.2, 0.25) is 0 Å². The molecule has 11 heteroatoms. The van der Waals surface area contributed by atoms with Crippen molar-refractivity contribution in [2.24, 2.45) is 10.8 Å². The molecular weight excluding hydrogens is 1070 g/mol. The fourth-order valence-electron chi connectivity index (χ4n) is 6.07. The van der Waals surface area contributed by atoms with Crippen LogP contribution in [0.25, 0.3) is 0 Å². The molecule has 43 heavy (non-hydrogen) atoms. The molecule has 0 bridgehead atoms. The zero-order valence-corrected chi connectivity index (χ0v) is 37.5. The summed E-state index contributed by atoms with van der Waals surface area (Å²) < 4.78 is 27.3. The van der Waals surface area contributed by atoms with Gasteiger partial charge >= 0.3 is 0 Å². The highest BCUT2D eigenvalue weighted by Gasteiger charge is 2.40. The summed E-state index contributed by atoms with van der Waals surface area (Å²) >= 11 is 30.4. The van der Waals surface area contributed by atoms with Crippen molar-refractivity contribution in [2.75, 3.05) is 13.2 Å². The number of hydrogen-bond acceptors (Lipinski definition) is 3. The summed E-state index contributed by atoms with van der Waals surface area (Å²) in [5.41, 5.74) is 2.43. The Kier molecular flexibility index (Phi) is 14.3. The molecular formula is C32H38Br8O3. The van der Waals surface area contributed by atoms with Crippen LogP contribution in [0.5, 0.6) is 0 Å². The lowest BCUT2D eigenvalue weighted by Crippen LogP contribution is -2.42. The molecule has 2 aliphatic heterocycles. The number of ether oxygens (including phenoxy) is 3. The molecule has 2 heterocycles. The van der Waals surface area contributed by atoms with Crippen molar-refractivity contribution in [3.05, 3.63) is 59.0 Å². The molecule has 0 amide bonds. The highest BCUT2D eigenvalue weighted by Crippen LogP contribution is 2.50. The highest BCUT2D eigenvalue weighted by atomic mass is 79.9. The summed E-state index contributed by atoms with van der Waals surface area (Å²) in [5.74, 6) is 0. The average Bonchev–Trinajstić information content (AvgIpc) is 2.92. The van der Waals surface area contributed by atoms with Gasteiger partial charge in [0.15, 0.2) is 0 Å². The smallest absolute Gasteiger partial charge is 0.0845 e. The second kappa shape index (κ2) is 16.2. The molecule has 2 aromatic rings. The quantitative estimate of drug-likeness (QED) is 0.139. The molecule has 4 rings (SSSR count). The summed E-state index contributed by atoms with van der Waals surface area (Å²) in [4.78, 5) is 0. The van der Waals surface area contributed by atoms with Crippen molar-refractivity contribution < 1.29 is 14.2 Å². The van der Waals surface area contributed by atoms with Crippen molar-refractivity contribution >= 4 is 127 Å². The van der Waals surface area contributed by atoms with Crippen LogP contribution in [0.15, 0.2) is 47.9 Å². The first-order valence-corrected chi connectivity index (χ1v) is 21.1. The van der Waals surface area contributed by atoms with E-state index < -0.39 is 0 Å². The summed E-state index contributed by atoms with van der Waals surface area (Å²) in [6.07, 6.45) is 8.42. The van der Waals surface area contributed by atoms with E-state index in [0.717, 1.165) is 111 Å². The maximum Gasteiger partial charge on any atom is 0.0845 e.